The molecule has 2 rings (SSSR count). The van der Waals surface area contributed by atoms with Crippen LogP contribution >= 0.6 is 0 Å². The molecule has 0 bridgehead atoms. The van der Waals surface area contributed by atoms with Gasteiger partial charge in [0.25, 0.3) is 5.91 Å². The molecule has 0 atom stereocenters. The highest BCUT2D eigenvalue weighted by atomic mass is 16.5. The summed E-state index contributed by atoms with van der Waals surface area (Å²) in [6, 6.07) is 12.7. The third-order valence-electron chi connectivity index (χ3n) is 3.55. The fraction of sp³-hybridized carbons (Fsp3) is 0.238. The largest absolute Gasteiger partial charge is 0.493 e. The zero-order chi connectivity index (χ0) is 19.6. The van der Waals surface area contributed by atoms with Gasteiger partial charge >= 0.3 is 5.97 Å². The summed E-state index contributed by atoms with van der Waals surface area (Å²) in [4.78, 5) is 23.6. The topological polar surface area (TPSA) is 73.9 Å². The summed E-state index contributed by atoms with van der Waals surface area (Å²) in [5, 5.41) is 2.67. The molecule has 0 spiro atoms. The number of carbonyl (C=O) groups is 2. The van der Waals surface area contributed by atoms with Crippen molar-refractivity contribution in [1.82, 2.24) is 0 Å². The number of hydrogen-bond acceptors (Lipinski definition) is 5. The number of carbonyl (C=O) groups excluding carboxylic acids is 2. The highest BCUT2D eigenvalue weighted by Gasteiger charge is 2.07. The van der Waals surface area contributed by atoms with E-state index in [1.807, 2.05) is 32.0 Å². The Bertz CT molecular complexity index is 829. The van der Waals surface area contributed by atoms with Gasteiger partial charge in [-0.2, -0.15) is 0 Å². The van der Waals surface area contributed by atoms with Crippen molar-refractivity contribution in [2.45, 2.75) is 13.8 Å². The molecular formula is C21H23NO5. The van der Waals surface area contributed by atoms with Crippen LogP contribution in [0.25, 0.3) is 6.08 Å². The summed E-state index contributed by atoms with van der Waals surface area (Å²) in [6.45, 7) is 3.99. The van der Waals surface area contributed by atoms with Gasteiger partial charge in [-0.3, -0.25) is 4.79 Å². The Morgan fingerprint density at radius 2 is 1.93 bits per heavy atom. The van der Waals surface area contributed by atoms with Gasteiger partial charge in [-0.25, -0.2) is 4.79 Å². The maximum Gasteiger partial charge on any atom is 0.331 e. The Morgan fingerprint density at radius 3 is 2.63 bits per heavy atom. The van der Waals surface area contributed by atoms with Crippen molar-refractivity contribution in [3.63, 3.8) is 0 Å². The van der Waals surface area contributed by atoms with Crippen LogP contribution in [0.2, 0.25) is 0 Å². The van der Waals surface area contributed by atoms with E-state index in [-0.39, 0.29) is 6.61 Å². The monoisotopic (exact) mass is 369 g/mol. The van der Waals surface area contributed by atoms with Gasteiger partial charge in [0.1, 0.15) is 0 Å². The van der Waals surface area contributed by atoms with Gasteiger partial charge in [0.15, 0.2) is 18.1 Å². The van der Waals surface area contributed by atoms with Gasteiger partial charge in [0, 0.05) is 11.8 Å². The lowest BCUT2D eigenvalue weighted by molar-refractivity contribution is -0.142. The van der Waals surface area contributed by atoms with Gasteiger partial charge in [-0.15, -0.1) is 0 Å². The van der Waals surface area contributed by atoms with E-state index in [0.717, 1.165) is 11.1 Å². The van der Waals surface area contributed by atoms with Crippen LogP contribution in [0.5, 0.6) is 11.5 Å². The number of esters is 1. The SMILES string of the molecule is CCOc1ccc(/C=C/C(=O)OCC(=O)Nc2cccc(C)c2)cc1OC. The van der Waals surface area contributed by atoms with Crippen molar-refractivity contribution >= 4 is 23.6 Å². The van der Waals surface area contributed by atoms with Crippen LogP contribution in [0.4, 0.5) is 5.69 Å². The van der Waals surface area contributed by atoms with E-state index in [2.05, 4.69) is 5.32 Å². The molecule has 1 N–H and O–H groups in total. The van der Waals surface area contributed by atoms with Crippen molar-refractivity contribution in [2.75, 3.05) is 25.6 Å². The zero-order valence-electron chi connectivity index (χ0n) is 15.7. The van der Waals surface area contributed by atoms with E-state index in [4.69, 9.17) is 14.2 Å². The van der Waals surface area contributed by atoms with E-state index in [1.165, 1.54) is 6.08 Å². The molecule has 2 aromatic carbocycles. The van der Waals surface area contributed by atoms with Crippen molar-refractivity contribution in [3.05, 3.63) is 59.7 Å². The first-order chi connectivity index (χ1) is 13.0. The van der Waals surface area contributed by atoms with Crippen molar-refractivity contribution < 1.29 is 23.8 Å². The van der Waals surface area contributed by atoms with Crippen LogP contribution in [0.3, 0.4) is 0 Å². The molecule has 142 valence electrons. The maximum absolute atomic E-state index is 11.8. The van der Waals surface area contributed by atoms with Gasteiger partial charge in [0.2, 0.25) is 0 Å². The summed E-state index contributed by atoms with van der Waals surface area (Å²) >= 11 is 0. The number of anilines is 1. The quantitative estimate of drug-likeness (QED) is 0.568. The normalized spacial score (nSPS) is 10.5. The minimum Gasteiger partial charge on any atom is -0.493 e. The smallest absolute Gasteiger partial charge is 0.331 e. The van der Waals surface area contributed by atoms with E-state index in [0.29, 0.717) is 23.8 Å². The first-order valence-corrected chi connectivity index (χ1v) is 8.54. The lowest BCUT2D eigenvalue weighted by atomic mass is 10.2. The van der Waals surface area contributed by atoms with Crippen molar-refractivity contribution in [2.24, 2.45) is 0 Å². The molecule has 0 aliphatic carbocycles. The van der Waals surface area contributed by atoms with Crippen LogP contribution in [-0.2, 0) is 14.3 Å². The zero-order valence-corrected chi connectivity index (χ0v) is 15.7. The van der Waals surface area contributed by atoms with Gasteiger partial charge in [0.05, 0.1) is 13.7 Å². The van der Waals surface area contributed by atoms with E-state index >= 15 is 0 Å². The van der Waals surface area contributed by atoms with Crippen LogP contribution < -0.4 is 14.8 Å². The molecule has 0 fully saturated rings. The first kappa shape index (κ1) is 20.0. The van der Waals surface area contributed by atoms with Gasteiger partial charge < -0.3 is 19.5 Å². The molecule has 0 unspecified atom stereocenters. The molecule has 0 radical (unpaired) electrons. The molecule has 2 aromatic rings. The highest BCUT2D eigenvalue weighted by molar-refractivity contribution is 5.94. The fourth-order valence-corrected chi connectivity index (χ4v) is 2.33. The summed E-state index contributed by atoms with van der Waals surface area (Å²) in [7, 11) is 1.55. The minimum atomic E-state index is -0.609. The molecule has 0 aliphatic rings. The van der Waals surface area contributed by atoms with Crippen LogP contribution in [0.1, 0.15) is 18.1 Å². The van der Waals surface area contributed by atoms with Gasteiger partial charge in [-0.05, 0) is 55.3 Å². The number of rotatable bonds is 8. The lowest BCUT2D eigenvalue weighted by Gasteiger charge is -2.09. The molecule has 1 amide bonds. The Labute approximate surface area is 158 Å². The lowest BCUT2D eigenvalue weighted by Crippen LogP contribution is -2.20. The average Bonchev–Trinajstić information content (AvgIpc) is 2.65. The Hall–Kier alpha value is -3.28. The number of amides is 1. The fourth-order valence-electron chi connectivity index (χ4n) is 2.33. The minimum absolute atomic E-state index is 0.357. The third-order valence-corrected chi connectivity index (χ3v) is 3.55. The average molecular weight is 369 g/mol. The van der Waals surface area contributed by atoms with E-state index in [1.54, 1.807) is 37.5 Å². The van der Waals surface area contributed by atoms with E-state index in [9.17, 15) is 9.59 Å². The van der Waals surface area contributed by atoms with Crippen LogP contribution in [0.15, 0.2) is 48.5 Å². The molecule has 6 heteroatoms. The molecule has 0 aromatic heterocycles. The second-order valence-corrected chi connectivity index (χ2v) is 5.70. The second-order valence-electron chi connectivity index (χ2n) is 5.70. The van der Waals surface area contributed by atoms with Crippen molar-refractivity contribution in [3.8, 4) is 11.5 Å². The molecule has 0 heterocycles. The van der Waals surface area contributed by atoms with Gasteiger partial charge in [-0.1, -0.05) is 18.2 Å². The number of aryl methyl sites for hydroxylation is 1. The Morgan fingerprint density at radius 1 is 1.11 bits per heavy atom. The number of methoxy groups -OCH3 is 1. The highest BCUT2D eigenvalue weighted by Crippen LogP contribution is 2.28. The third kappa shape index (κ3) is 6.51. The first-order valence-electron chi connectivity index (χ1n) is 8.54. The number of hydrogen-bond donors (Lipinski definition) is 1. The summed E-state index contributed by atoms with van der Waals surface area (Å²) in [5.41, 5.74) is 2.43. The summed E-state index contributed by atoms with van der Waals surface area (Å²) in [6.07, 6.45) is 2.84. The molecule has 0 aliphatic heterocycles. The number of nitrogens with one attached hydrogen (secondary N) is 1. The van der Waals surface area contributed by atoms with Crippen LogP contribution in [-0.4, -0.2) is 32.2 Å². The predicted octanol–water partition coefficient (Wildman–Crippen LogP) is 3.60. The summed E-state index contributed by atoms with van der Waals surface area (Å²) in [5.74, 6) is 0.199. The van der Waals surface area contributed by atoms with Crippen LogP contribution in [0, 0.1) is 6.92 Å². The number of ether oxygens (including phenoxy) is 3. The second kappa shape index (κ2) is 10.0. The molecule has 0 saturated carbocycles. The number of benzene rings is 2. The molecule has 6 nitrogen and oxygen atoms in total. The van der Waals surface area contributed by atoms with Crippen molar-refractivity contribution in [1.29, 1.82) is 0 Å². The maximum atomic E-state index is 11.8. The standard InChI is InChI=1S/C21H23NO5/c1-4-26-18-10-8-16(13-19(18)25-3)9-11-21(24)27-14-20(23)22-17-7-5-6-15(2)12-17/h5-13H,4,14H2,1-3H3,(H,22,23)/b11-9+. The summed E-state index contributed by atoms with van der Waals surface area (Å²) < 4.78 is 15.7. The molecule has 27 heavy (non-hydrogen) atoms. The van der Waals surface area contributed by atoms with E-state index < -0.39 is 11.9 Å². The Balaban J connectivity index is 1.86. The molecular weight excluding hydrogens is 346 g/mol. The molecule has 0 saturated heterocycles. The Kier molecular flexibility index (Phi) is 7.43. The predicted molar refractivity (Wildman–Crippen MR) is 104 cm³/mol.